The lowest BCUT2D eigenvalue weighted by Gasteiger charge is -2.26. The number of nitrogens with zero attached hydrogens (tertiary/aromatic N) is 1. The molecule has 1 aliphatic heterocycles. The Morgan fingerprint density at radius 2 is 1.96 bits per heavy atom. The lowest BCUT2D eigenvalue weighted by Crippen LogP contribution is -2.33. The van der Waals surface area contributed by atoms with E-state index in [1.165, 1.54) is 38.6 Å². The molecule has 23 heavy (non-hydrogen) atoms. The highest BCUT2D eigenvalue weighted by Gasteiger charge is 2.11. The van der Waals surface area contributed by atoms with Crippen LogP contribution in [0.15, 0.2) is 24.3 Å². The van der Waals surface area contributed by atoms with Gasteiger partial charge in [0.15, 0.2) is 9.84 Å². The quantitative estimate of drug-likeness (QED) is 0.771. The van der Waals surface area contributed by atoms with Crippen LogP contribution in [-0.2, 0) is 15.6 Å². The summed E-state index contributed by atoms with van der Waals surface area (Å²) < 4.78 is 22.7. The zero-order chi connectivity index (χ0) is 16.7. The number of likely N-dealkylation sites (tertiary alicyclic amines) is 1. The van der Waals surface area contributed by atoms with Gasteiger partial charge in [-0.15, -0.1) is 0 Å². The molecule has 1 aromatic rings. The first-order valence-corrected chi connectivity index (χ1v) is 10.3. The number of hydrogen-bond donors (Lipinski definition) is 1. The van der Waals surface area contributed by atoms with Gasteiger partial charge in [-0.2, -0.15) is 0 Å². The van der Waals surface area contributed by atoms with Gasteiger partial charge in [-0.05, 0) is 56.6 Å². The molecule has 0 unspecified atom stereocenters. The van der Waals surface area contributed by atoms with E-state index < -0.39 is 9.84 Å². The van der Waals surface area contributed by atoms with E-state index in [0.29, 0.717) is 17.7 Å². The summed E-state index contributed by atoms with van der Waals surface area (Å²) in [5, 5.41) is 2.91. The molecule has 1 amide bonds. The molecule has 1 aliphatic rings. The lowest BCUT2D eigenvalue weighted by molar-refractivity contribution is 0.0951. The Morgan fingerprint density at radius 3 is 2.65 bits per heavy atom. The van der Waals surface area contributed by atoms with E-state index in [-0.39, 0.29) is 11.7 Å². The molecule has 128 valence electrons. The van der Waals surface area contributed by atoms with Crippen molar-refractivity contribution in [2.45, 2.75) is 31.4 Å². The van der Waals surface area contributed by atoms with Crippen LogP contribution in [0, 0.1) is 0 Å². The highest BCUT2D eigenvalue weighted by Crippen LogP contribution is 2.10. The highest BCUT2D eigenvalue weighted by molar-refractivity contribution is 7.89. The molecule has 6 heteroatoms. The van der Waals surface area contributed by atoms with E-state index >= 15 is 0 Å². The SMILES string of the molecule is CS(=O)(=O)Cc1cccc(C(=O)NCCCN2CCCCC2)c1. The van der Waals surface area contributed by atoms with Gasteiger partial charge < -0.3 is 10.2 Å². The standard InChI is InChI=1S/C17H26N2O3S/c1-23(21,22)14-15-7-5-8-16(13-15)17(20)18-9-6-12-19-10-3-2-4-11-19/h5,7-8,13H,2-4,6,9-12,14H2,1H3,(H,18,20). The summed E-state index contributed by atoms with van der Waals surface area (Å²) in [6.07, 6.45) is 6.02. The summed E-state index contributed by atoms with van der Waals surface area (Å²) in [6.45, 7) is 4.00. The fraction of sp³-hybridized carbons (Fsp3) is 0.588. The molecule has 0 aromatic heterocycles. The molecule has 1 aromatic carbocycles. The predicted molar refractivity (Wildman–Crippen MR) is 92.2 cm³/mol. The van der Waals surface area contributed by atoms with Crippen LogP contribution < -0.4 is 5.32 Å². The maximum Gasteiger partial charge on any atom is 0.251 e. The number of nitrogens with one attached hydrogen (secondary N) is 1. The molecule has 2 rings (SSSR count). The summed E-state index contributed by atoms with van der Waals surface area (Å²) >= 11 is 0. The first-order chi connectivity index (χ1) is 10.9. The van der Waals surface area contributed by atoms with E-state index in [1.807, 2.05) is 0 Å². The molecule has 0 spiro atoms. The Morgan fingerprint density at radius 1 is 1.22 bits per heavy atom. The van der Waals surface area contributed by atoms with Crippen molar-refractivity contribution in [2.24, 2.45) is 0 Å². The maximum atomic E-state index is 12.1. The second-order valence-electron chi connectivity index (χ2n) is 6.28. The third kappa shape index (κ3) is 6.71. The summed E-state index contributed by atoms with van der Waals surface area (Å²) in [7, 11) is -3.09. The van der Waals surface area contributed by atoms with Crippen molar-refractivity contribution < 1.29 is 13.2 Å². The Hall–Kier alpha value is -1.40. The lowest BCUT2D eigenvalue weighted by atomic mass is 10.1. The monoisotopic (exact) mass is 338 g/mol. The van der Waals surface area contributed by atoms with E-state index in [2.05, 4.69) is 10.2 Å². The number of benzene rings is 1. The van der Waals surface area contributed by atoms with Gasteiger partial charge in [0.1, 0.15) is 0 Å². The van der Waals surface area contributed by atoms with Crippen LogP contribution in [0.3, 0.4) is 0 Å². The number of hydrogen-bond acceptors (Lipinski definition) is 4. The van der Waals surface area contributed by atoms with E-state index in [4.69, 9.17) is 0 Å². The van der Waals surface area contributed by atoms with Gasteiger partial charge in [0.25, 0.3) is 5.91 Å². The molecule has 1 N–H and O–H groups in total. The van der Waals surface area contributed by atoms with Crippen LogP contribution in [-0.4, -0.2) is 51.7 Å². The van der Waals surface area contributed by atoms with Crippen molar-refractivity contribution in [3.8, 4) is 0 Å². The Balaban J connectivity index is 1.77. The molecular formula is C17H26N2O3S. The van der Waals surface area contributed by atoms with Crippen LogP contribution in [0.2, 0.25) is 0 Å². The van der Waals surface area contributed by atoms with Crippen molar-refractivity contribution in [2.75, 3.05) is 32.4 Å². The largest absolute Gasteiger partial charge is 0.352 e. The second kappa shape index (κ2) is 8.45. The molecular weight excluding hydrogens is 312 g/mol. The van der Waals surface area contributed by atoms with Crippen molar-refractivity contribution in [1.82, 2.24) is 10.2 Å². The molecule has 0 atom stereocenters. The average Bonchev–Trinajstić information content (AvgIpc) is 2.51. The van der Waals surface area contributed by atoms with Crippen molar-refractivity contribution in [3.63, 3.8) is 0 Å². The minimum atomic E-state index is -3.09. The highest BCUT2D eigenvalue weighted by atomic mass is 32.2. The van der Waals surface area contributed by atoms with Gasteiger partial charge in [-0.1, -0.05) is 18.6 Å². The number of piperidine rings is 1. The fourth-order valence-corrected chi connectivity index (χ4v) is 3.68. The van der Waals surface area contributed by atoms with Crippen LogP contribution in [0.4, 0.5) is 0 Å². The van der Waals surface area contributed by atoms with Gasteiger partial charge >= 0.3 is 0 Å². The Bertz CT molecular complexity index is 622. The summed E-state index contributed by atoms with van der Waals surface area (Å²) in [6, 6.07) is 6.82. The van der Waals surface area contributed by atoms with Crippen LogP contribution >= 0.6 is 0 Å². The van der Waals surface area contributed by atoms with E-state index in [1.54, 1.807) is 24.3 Å². The molecule has 0 radical (unpaired) electrons. The fourth-order valence-electron chi connectivity index (χ4n) is 2.89. The molecule has 0 aliphatic carbocycles. The van der Waals surface area contributed by atoms with Crippen LogP contribution in [0.1, 0.15) is 41.6 Å². The summed E-state index contributed by atoms with van der Waals surface area (Å²) in [5.74, 6) is -0.178. The molecule has 1 heterocycles. The molecule has 0 bridgehead atoms. The molecule has 1 saturated heterocycles. The summed E-state index contributed by atoms with van der Waals surface area (Å²) in [5.41, 5.74) is 1.16. The van der Waals surface area contributed by atoms with Gasteiger partial charge in [0, 0.05) is 18.4 Å². The first kappa shape index (κ1) is 17.9. The average molecular weight is 338 g/mol. The van der Waals surface area contributed by atoms with Crippen molar-refractivity contribution >= 4 is 15.7 Å². The Labute approximate surface area is 139 Å². The number of rotatable bonds is 7. The number of carbonyl (C=O) groups is 1. The minimum absolute atomic E-state index is 0.0386. The zero-order valence-corrected chi connectivity index (χ0v) is 14.6. The number of sulfone groups is 1. The van der Waals surface area contributed by atoms with Gasteiger partial charge in [-0.25, -0.2) is 8.42 Å². The minimum Gasteiger partial charge on any atom is -0.352 e. The predicted octanol–water partition coefficient (Wildman–Crippen LogP) is 1.84. The third-order valence-corrected chi connectivity index (χ3v) is 4.86. The topological polar surface area (TPSA) is 66.5 Å². The first-order valence-electron chi connectivity index (χ1n) is 8.21. The maximum absolute atomic E-state index is 12.1. The zero-order valence-electron chi connectivity index (χ0n) is 13.8. The van der Waals surface area contributed by atoms with Gasteiger partial charge in [-0.3, -0.25) is 4.79 Å². The smallest absolute Gasteiger partial charge is 0.251 e. The second-order valence-corrected chi connectivity index (χ2v) is 8.42. The van der Waals surface area contributed by atoms with Crippen molar-refractivity contribution in [1.29, 1.82) is 0 Å². The van der Waals surface area contributed by atoms with Crippen molar-refractivity contribution in [3.05, 3.63) is 35.4 Å². The van der Waals surface area contributed by atoms with Gasteiger partial charge in [0.2, 0.25) is 0 Å². The number of amides is 1. The Kier molecular flexibility index (Phi) is 6.59. The van der Waals surface area contributed by atoms with Crippen LogP contribution in [0.25, 0.3) is 0 Å². The normalized spacial score (nSPS) is 16.2. The molecule has 0 saturated carbocycles. The molecule has 5 nitrogen and oxygen atoms in total. The third-order valence-electron chi connectivity index (χ3n) is 4.00. The summed E-state index contributed by atoms with van der Waals surface area (Å²) in [4.78, 5) is 14.6. The van der Waals surface area contributed by atoms with Gasteiger partial charge in [0.05, 0.1) is 5.75 Å². The number of carbonyl (C=O) groups excluding carboxylic acids is 1. The van der Waals surface area contributed by atoms with Crippen LogP contribution in [0.5, 0.6) is 0 Å². The molecule has 1 fully saturated rings. The van der Waals surface area contributed by atoms with E-state index in [0.717, 1.165) is 13.0 Å². The van der Waals surface area contributed by atoms with E-state index in [9.17, 15) is 13.2 Å².